The minimum Gasteiger partial charge on any atom is -0.489 e. The Labute approximate surface area is 113 Å². The van der Waals surface area contributed by atoms with E-state index in [1.54, 1.807) is 6.07 Å². The largest absolute Gasteiger partial charge is 0.489 e. The van der Waals surface area contributed by atoms with Gasteiger partial charge in [0.05, 0.1) is 11.3 Å². The predicted octanol–water partition coefficient (Wildman–Crippen LogP) is 1.24. The molecule has 104 valence electrons. The Morgan fingerprint density at radius 1 is 1.53 bits per heavy atom. The number of anilines is 1. The maximum atomic E-state index is 12.2. The summed E-state index contributed by atoms with van der Waals surface area (Å²) in [6, 6.07) is 5.38. The first-order valence-electron chi connectivity index (χ1n) is 6.55. The zero-order chi connectivity index (χ0) is 13.8. The molecule has 0 aromatic heterocycles. The molecule has 0 saturated carbocycles. The summed E-state index contributed by atoms with van der Waals surface area (Å²) >= 11 is 0. The Kier molecular flexibility index (Phi) is 4.27. The molecule has 5 nitrogen and oxygen atoms in total. The number of rotatable bonds is 4. The lowest BCUT2D eigenvalue weighted by Gasteiger charge is -2.23. The van der Waals surface area contributed by atoms with Crippen molar-refractivity contribution in [3.63, 3.8) is 0 Å². The molecule has 19 heavy (non-hydrogen) atoms. The van der Waals surface area contributed by atoms with Crippen LogP contribution in [-0.2, 0) is 0 Å². The molecule has 1 aliphatic heterocycles. The molecule has 0 aliphatic carbocycles. The van der Waals surface area contributed by atoms with Crippen LogP contribution in [-0.4, -0.2) is 36.8 Å². The Balaban J connectivity index is 2.15. The van der Waals surface area contributed by atoms with Crippen LogP contribution in [0.4, 0.5) is 5.69 Å². The molecular weight excluding hydrogens is 244 g/mol. The summed E-state index contributed by atoms with van der Waals surface area (Å²) in [4.78, 5) is 12.2. The van der Waals surface area contributed by atoms with Gasteiger partial charge in [-0.15, -0.1) is 0 Å². The number of aliphatic hydroxyl groups is 1. The Morgan fingerprint density at radius 2 is 2.32 bits per heavy atom. The molecule has 2 atom stereocenters. The molecule has 0 bridgehead atoms. The summed E-state index contributed by atoms with van der Waals surface area (Å²) in [5.41, 5.74) is 1.38. The molecule has 0 radical (unpaired) electrons. The number of carbonyl (C=O) groups excluding carboxylic acids is 1. The molecule has 0 saturated heterocycles. The normalized spacial score (nSPS) is 16.6. The van der Waals surface area contributed by atoms with E-state index < -0.39 is 0 Å². The van der Waals surface area contributed by atoms with Crippen molar-refractivity contribution >= 4 is 11.6 Å². The van der Waals surface area contributed by atoms with Crippen LogP contribution in [0.1, 0.15) is 24.2 Å². The van der Waals surface area contributed by atoms with Gasteiger partial charge in [-0.2, -0.15) is 0 Å². The fourth-order valence-electron chi connectivity index (χ4n) is 1.93. The maximum Gasteiger partial charge on any atom is 0.255 e. The van der Waals surface area contributed by atoms with Crippen molar-refractivity contribution in [2.45, 2.75) is 19.9 Å². The second kappa shape index (κ2) is 5.93. The van der Waals surface area contributed by atoms with Crippen molar-refractivity contribution in [3.05, 3.63) is 23.8 Å². The van der Waals surface area contributed by atoms with E-state index in [9.17, 15) is 4.79 Å². The van der Waals surface area contributed by atoms with Gasteiger partial charge in [-0.1, -0.05) is 13.0 Å². The van der Waals surface area contributed by atoms with E-state index in [-0.39, 0.29) is 24.5 Å². The highest BCUT2D eigenvalue weighted by atomic mass is 16.5. The lowest BCUT2D eigenvalue weighted by atomic mass is 10.0. The van der Waals surface area contributed by atoms with Crippen molar-refractivity contribution in [2.24, 2.45) is 5.92 Å². The molecule has 5 heteroatoms. The Bertz CT molecular complexity index is 462. The first-order valence-corrected chi connectivity index (χ1v) is 6.55. The van der Waals surface area contributed by atoms with Crippen LogP contribution in [0.3, 0.4) is 0 Å². The predicted molar refractivity (Wildman–Crippen MR) is 73.6 cm³/mol. The van der Waals surface area contributed by atoms with Crippen molar-refractivity contribution < 1.29 is 14.6 Å². The zero-order valence-electron chi connectivity index (χ0n) is 11.3. The quantitative estimate of drug-likeness (QED) is 0.765. The minimum absolute atomic E-state index is 0.0162. The number of para-hydroxylation sites is 1. The van der Waals surface area contributed by atoms with Crippen molar-refractivity contribution in [3.8, 4) is 5.75 Å². The molecule has 1 aromatic carbocycles. The van der Waals surface area contributed by atoms with E-state index in [2.05, 4.69) is 10.6 Å². The van der Waals surface area contributed by atoms with E-state index in [1.165, 1.54) is 0 Å². The highest BCUT2D eigenvalue weighted by molar-refractivity contribution is 5.99. The number of hydrogen-bond acceptors (Lipinski definition) is 4. The van der Waals surface area contributed by atoms with Gasteiger partial charge in [0, 0.05) is 19.2 Å². The topological polar surface area (TPSA) is 70.6 Å². The zero-order valence-corrected chi connectivity index (χ0v) is 11.3. The van der Waals surface area contributed by atoms with E-state index >= 15 is 0 Å². The molecule has 1 aliphatic rings. The second-order valence-corrected chi connectivity index (χ2v) is 4.88. The van der Waals surface area contributed by atoms with E-state index in [0.717, 1.165) is 12.2 Å². The van der Waals surface area contributed by atoms with Gasteiger partial charge in [0.15, 0.2) is 5.75 Å². The first-order chi connectivity index (χ1) is 9.13. The highest BCUT2D eigenvalue weighted by Crippen LogP contribution is 2.31. The maximum absolute atomic E-state index is 12.2. The van der Waals surface area contributed by atoms with Crippen LogP contribution in [0.5, 0.6) is 5.75 Å². The lowest BCUT2D eigenvalue weighted by molar-refractivity contribution is 0.0912. The number of aliphatic hydroxyl groups excluding tert-OH is 1. The molecule has 0 fully saturated rings. The number of nitrogens with one attached hydrogen (secondary N) is 2. The first kappa shape index (κ1) is 13.7. The monoisotopic (exact) mass is 264 g/mol. The third-order valence-corrected chi connectivity index (χ3v) is 3.42. The van der Waals surface area contributed by atoms with Crippen LogP contribution >= 0.6 is 0 Å². The minimum atomic E-state index is -0.173. The molecule has 1 aromatic rings. The second-order valence-electron chi connectivity index (χ2n) is 4.88. The van der Waals surface area contributed by atoms with Gasteiger partial charge in [0.2, 0.25) is 0 Å². The SMILES string of the molecule is CC(CO)C(C)NC(=O)c1cccc2c1OCCN2. The summed E-state index contributed by atoms with van der Waals surface area (Å²) in [5.74, 6) is 0.450. The standard InChI is InChI=1S/C14H20N2O3/c1-9(8-17)10(2)16-14(18)11-4-3-5-12-13(11)19-7-6-15-12/h3-5,9-10,15,17H,6-8H2,1-2H3,(H,16,18). The van der Waals surface area contributed by atoms with Gasteiger partial charge in [0.1, 0.15) is 6.61 Å². The van der Waals surface area contributed by atoms with Gasteiger partial charge >= 0.3 is 0 Å². The number of hydrogen-bond donors (Lipinski definition) is 3. The summed E-state index contributed by atoms with van der Waals surface area (Å²) in [7, 11) is 0. The molecule has 0 spiro atoms. The smallest absolute Gasteiger partial charge is 0.255 e. The van der Waals surface area contributed by atoms with Gasteiger partial charge in [0.25, 0.3) is 5.91 Å². The molecule has 1 heterocycles. The third-order valence-electron chi connectivity index (χ3n) is 3.42. The summed E-state index contributed by atoms with van der Waals surface area (Å²) < 4.78 is 5.57. The lowest BCUT2D eigenvalue weighted by Crippen LogP contribution is -2.38. The number of ether oxygens (including phenoxy) is 1. The van der Waals surface area contributed by atoms with Gasteiger partial charge in [-0.3, -0.25) is 4.79 Å². The Hall–Kier alpha value is -1.75. The molecule has 1 amide bonds. The van der Waals surface area contributed by atoms with Crippen molar-refractivity contribution in [2.75, 3.05) is 25.1 Å². The van der Waals surface area contributed by atoms with Gasteiger partial charge in [-0.05, 0) is 25.0 Å². The number of carbonyl (C=O) groups is 1. The molecule has 2 rings (SSSR count). The third kappa shape index (κ3) is 2.98. The number of benzene rings is 1. The Morgan fingerprint density at radius 3 is 3.05 bits per heavy atom. The fraction of sp³-hybridized carbons (Fsp3) is 0.500. The number of amides is 1. The van der Waals surface area contributed by atoms with Gasteiger partial charge < -0.3 is 20.5 Å². The van der Waals surface area contributed by atoms with Crippen molar-refractivity contribution in [1.29, 1.82) is 0 Å². The van der Waals surface area contributed by atoms with Gasteiger partial charge in [-0.25, -0.2) is 0 Å². The van der Waals surface area contributed by atoms with E-state index in [1.807, 2.05) is 26.0 Å². The summed E-state index contributed by atoms with van der Waals surface area (Å²) in [6.45, 7) is 5.12. The number of fused-ring (bicyclic) bond motifs is 1. The summed E-state index contributed by atoms with van der Waals surface area (Å²) in [6.07, 6.45) is 0. The van der Waals surface area contributed by atoms with Crippen LogP contribution < -0.4 is 15.4 Å². The average Bonchev–Trinajstić information content (AvgIpc) is 2.45. The van der Waals surface area contributed by atoms with E-state index in [0.29, 0.717) is 17.9 Å². The average molecular weight is 264 g/mol. The van der Waals surface area contributed by atoms with Crippen LogP contribution in [0.25, 0.3) is 0 Å². The summed E-state index contributed by atoms with van der Waals surface area (Å²) in [5, 5.41) is 15.2. The highest BCUT2D eigenvalue weighted by Gasteiger charge is 2.21. The molecule has 2 unspecified atom stereocenters. The van der Waals surface area contributed by atoms with Crippen LogP contribution in [0.2, 0.25) is 0 Å². The van der Waals surface area contributed by atoms with Crippen LogP contribution in [0, 0.1) is 5.92 Å². The van der Waals surface area contributed by atoms with E-state index in [4.69, 9.17) is 9.84 Å². The van der Waals surface area contributed by atoms with Crippen molar-refractivity contribution in [1.82, 2.24) is 5.32 Å². The fourth-order valence-corrected chi connectivity index (χ4v) is 1.93. The molecular formula is C14H20N2O3. The molecule has 3 N–H and O–H groups in total. The van der Waals surface area contributed by atoms with Crippen LogP contribution in [0.15, 0.2) is 18.2 Å².